The van der Waals surface area contributed by atoms with Gasteiger partial charge in [0, 0.05) is 31.0 Å². The number of aliphatic hydroxyl groups is 2. The molecular formula is C15H33NO4S2. The Balaban J connectivity index is -0.00000115. The van der Waals surface area contributed by atoms with Crippen molar-refractivity contribution in [2.45, 2.75) is 47.1 Å². The smallest absolute Gasteiger partial charge is 0.175 e. The van der Waals surface area contributed by atoms with Crippen LogP contribution in [-0.4, -0.2) is 59.6 Å². The Labute approximate surface area is 143 Å². The minimum Gasteiger partial charge on any atom is -0.400 e. The number of rotatable bonds is 12. The number of carbonyl (C=O) groups excluding carboxylic acids is 2. The van der Waals surface area contributed by atoms with Crippen molar-refractivity contribution in [2.24, 2.45) is 5.92 Å². The summed E-state index contributed by atoms with van der Waals surface area (Å²) in [6.45, 7) is 6.13. The van der Waals surface area contributed by atoms with Crippen LogP contribution in [0.1, 0.15) is 41.0 Å². The number of ketones is 2. The van der Waals surface area contributed by atoms with Gasteiger partial charge in [-0.15, -0.1) is 0 Å². The van der Waals surface area contributed by atoms with E-state index in [-0.39, 0.29) is 25.2 Å². The molecular weight excluding hydrogens is 322 g/mol. The van der Waals surface area contributed by atoms with Crippen LogP contribution in [0.25, 0.3) is 0 Å². The van der Waals surface area contributed by atoms with Crippen molar-refractivity contribution in [3.63, 3.8) is 0 Å². The van der Waals surface area contributed by atoms with Gasteiger partial charge in [0.25, 0.3) is 0 Å². The molecule has 0 aliphatic heterocycles. The topological polar surface area (TPSA) is 86.6 Å². The standard InChI is InChI=1S/C13H25NO3S2.CH4O.CH4/c1-4-10(12(16)5-2)8-18-19-9-11(14-6-3)13(17)7-15;1-2;/h10-11,14-15H,4-9H2,1-3H3;2H,1H3;1H4. The molecule has 0 rings (SSSR count). The van der Waals surface area contributed by atoms with Crippen molar-refractivity contribution in [2.75, 3.05) is 31.8 Å². The normalized spacial score (nSPS) is 12.5. The Morgan fingerprint density at radius 1 is 1.05 bits per heavy atom. The van der Waals surface area contributed by atoms with Gasteiger partial charge in [0.15, 0.2) is 5.78 Å². The van der Waals surface area contributed by atoms with Crippen molar-refractivity contribution < 1.29 is 19.8 Å². The SMILES string of the molecule is C.CCNC(CSSCC(CC)C(=O)CC)C(=O)CO.CO. The maximum Gasteiger partial charge on any atom is 0.175 e. The molecule has 22 heavy (non-hydrogen) atoms. The largest absolute Gasteiger partial charge is 0.400 e. The van der Waals surface area contributed by atoms with Crippen molar-refractivity contribution in [1.82, 2.24) is 5.32 Å². The summed E-state index contributed by atoms with van der Waals surface area (Å²) in [4.78, 5) is 23.1. The van der Waals surface area contributed by atoms with Crippen LogP contribution in [0.3, 0.4) is 0 Å². The average molecular weight is 356 g/mol. The third-order valence-electron chi connectivity index (χ3n) is 2.88. The van der Waals surface area contributed by atoms with Gasteiger partial charge in [-0.1, -0.05) is 49.8 Å². The number of hydrogen-bond donors (Lipinski definition) is 3. The molecule has 134 valence electrons. The molecule has 0 saturated heterocycles. The summed E-state index contributed by atoms with van der Waals surface area (Å²) < 4.78 is 0. The van der Waals surface area contributed by atoms with Crippen molar-refractivity contribution in [1.29, 1.82) is 0 Å². The van der Waals surface area contributed by atoms with E-state index in [2.05, 4.69) is 5.32 Å². The van der Waals surface area contributed by atoms with E-state index in [1.54, 1.807) is 21.6 Å². The third-order valence-corrected chi connectivity index (χ3v) is 5.37. The van der Waals surface area contributed by atoms with Crippen molar-refractivity contribution in [3.05, 3.63) is 0 Å². The van der Waals surface area contributed by atoms with Gasteiger partial charge in [0.1, 0.15) is 12.4 Å². The number of hydrogen-bond acceptors (Lipinski definition) is 7. The molecule has 0 amide bonds. The molecule has 0 aliphatic carbocycles. The van der Waals surface area contributed by atoms with E-state index in [1.807, 2.05) is 20.8 Å². The molecule has 3 N–H and O–H groups in total. The number of aliphatic hydroxyl groups excluding tert-OH is 2. The fraction of sp³-hybridized carbons (Fsp3) is 0.867. The lowest BCUT2D eigenvalue weighted by Crippen LogP contribution is -2.40. The summed E-state index contributed by atoms with van der Waals surface area (Å²) in [7, 11) is 4.22. The molecule has 5 nitrogen and oxygen atoms in total. The summed E-state index contributed by atoms with van der Waals surface area (Å²) in [5.74, 6) is 1.67. The average Bonchev–Trinajstić information content (AvgIpc) is 2.54. The zero-order valence-corrected chi connectivity index (χ0v) is 15.1. The highest BCUT2D eigenvalue weighted by Crippen LogP contribution is 2.26. The van der Waals surface area contributed by atoms with Crippen molar-refractivity contribution in [3.8, 4) is 0 Å². The Morgan fingerprint density at radius 3 is 2.00 bits per heavy atom. The van der Waals surface area contributed by atoms with Gasteiger partial charge in [-0.2, -0.15) is 0 Å². The van der Waals surface area contributed by atoms with Crippen molar-refractivity contribution >= 4 is 33.2 Å². The minimum absolute atomic E-state index is 0. The molecule has 2 unspecified atom stereocenters. The lowest BCUT2D eigenvalue weighted by atomic mass is 10.0. The van der Waals surface area contributed by atoms with Gasteiger partial charge in [0.05, 0.1) is 6.04 Å². The summed E-state index contributed by atoms with van der Waals surface area (Å²) in [6.07, 6.45) is 1.46. The summed E-state index contributed by atoms with van der Waals surface area (Å²) >= 11 is 0. The number of likely N-dealkylation sites (N-methyl/N-ethyl adjacent to an activating group) is 1. The van der Waals surface area contributed by atoms with E-state index < -0.39 is 6.61 Å². The second-order valence-electron chi connectivity index (χ2n) is 4.23. The third kappa shape index (κ3) is 12.5. The first-order valence-electron chi connectivity index (χ1n) is 7.19. The van der Waals surface area contributed by atoms with Crippen LogP contribution in [0.2, 0.25) is 0 Å². The van der Waals surface area contributed by atoms with Gasteiger partial charge >= 0.3 is 0 Å². The molecule has 0 aromatic rings. The maximum atomic E-state index is 11.6. The second kappa shape index (κ2) is 19.0. The van der Waals surface area contributed by atoms with Crippen LogP contribution in [0.15, 0.2) is 0 Å². The summed E-state index contributed by atoms with van der Waals surface area (Å²) in [5.41, 5.74) is 0. The molecule has 0 heterocycles. The van der Waals surface area contributed by atoms with Crippen LogP contribution < -0.4 is 5.32 Å². The van der Waals surface area contributed by atoms with E-state index in [0.29, 0.717) is 24.5 Å². The number of nitrogens with one attached hydrogen (secondary N) is 1. The highest BCUT2D eigenvalue weighted by atomic mass is 33.1. The van der Waals surface area contributed by atoms with Gasteiger partial charge in [-0.3, -0.25) is 9.59 Å². The van der Waals surface area contributed by atoms with E-state index >= 15 is 0 Å². The van der Waals surface area contributed by atoms with Crippen LogP contribution >= 0.6 is 21.6 Å². The lowest BCUT2D eigenvalue weighted by molar-refractivity contribution is -0.123. The fourth-order valence-electron chi connectivity index (χ4n) is 1.60. The van der Waals surface area contributed by atoms with Gasteiger partial charge in [-0.05, 0) is 13.0 Å². The monoisotopic (exact) mass is 355 g/mol. The maximum absolute atomic E-state index is 11.6. The molecule has 0 aromatic heterocycles. The van der Waals surface area contributed by atoms with Crippen LogP contribution in [0, 0.1) is 5.92 Å². The predicted molar refractivity (Wildman–Crippen MR) is 98.4 cm³/mol. The lowest BCUT2D eigenvalue weighted by Gasteiger charge is -2.16. The summed E-state index contributed by atoms with van der Waals surface area (Å²) in [6, 6.07) is -0.297. The molecule has 0 aromatic carbocycles. The highest BCUT2D eigenvalue weighted by Gasteiger charge is 2.18. The predicted octanol–water partition coefficient (Wildman–Crippen LogP) is 2.16. The molecule has 2 atom stereocenters. The Kier molecular flexibility index (Phi) is 23.1. The molecule has 0 bridgehead atoms. The van der Waals surface area contributed by atoms with Crippen LogP contribution in [-0.2, 0) is 9.59 Å². The Bertz CT molecular complexity index is 278. The minimum atomic E-state index is -0.422. The first kappa shape index (κ1) is 26.8. The van der Waals surface area contributed by atoms with E-state index in [1.165, 1.54) is 0 Å². The molecule has 7 heteroatoms. The van der Waals surface area contributed by atoms with Gasteiger partial charge in [0.2, 0.25) is 0 Å². The first-order chi connectivity index (χ1) is 10.1. The van der Waals surface area contributed by atoms with E-state index in [0.717, 1.165) is 19.3 Å². The van der Waals surface area contributed by atoms with Gasteiger partial charge in [-0.25, -0.2) is 0 Å². The van der Waals surface area contributed by atoms with E-state index in [9.17, 15) is 9.59 Å². The molecule has 0 spiro atoms. The highest BCUT2D eigenvalue weighted by molar-refractivity contribution is 8.76. The molecule has 0 aliphatic rings. The Morgan fingerprint density at radius 2 is 1.59 bits per heavy atom. The molecule has 0 saturated carbocycles. The molecule has 0 fully saturated rings. The van der Waals surface area contributed by atoms with Crippen LogP contribution in [0.4, 0.5) is 0 Å². The fourth-order valence-corrected chi connectivity index (χ4v) is 4.29. The number of Topliss-reactive ketones (excluding diaryl/α,β-unsaturated/α-hetero) is 2. The summed E-state index contributed by atoms with van der Waals surface area (Å²) in [5, 5.41) is 18.9. The second-order valence-corrected chi connectivity index (χ2v) is 6.78. The zero-order chi connectivity index (χ0) is 16.7. The number of carbonyl (C=O) groups is 2. The zero-order valence-electron chi connectivity index (χ0n) is 13.4. The Hall–Kier alpha value is -0.0800. The first-order valence-corrected chi connectivity index (χ1v) is 9.68. The van der Waals surface area contributed by atoms with Gasteiger partial charge < -0.3 is 15.5 Å². The molecule has 0 radical (unpaired) electrons. The van der Waals surface area contributed by atoms with Crippen LogP contribution in [0.5, 0.6) is 0 Å². The van der Waals surface area contributed by atoms with E-state index in [4.69, 9.17) is 10.2 Å². The quantitative estimate of drug-likeness (QED) is 0.365.